The van der Waals surface area contributed by atoms with Crippen LogP contribution in [-0.4, -0.2) is 33.7 Å². The van der Waals surface area contributed by atoms with E-state index < -0.39 is 27.6 Å². The summed E-state index contributed by atoms with van der Waals surface area (Å²) < 4.78 is 58.1. The molecule has 0 atom stereocenters. The van der Waals surface area contributed by atoms with Crippen LogP contribution in [-0.2, 0) is 14.8 Å². The van der Waals surface area contributed by atoms with Crippen molar-refractivity contribution >= 4 is 27.8 Å². The van der Waals surface area contributed by atoms with E-state index >= 15 is 0 Å². The lowest BCUT2D eigenvalue weighted by molar-refractivity contribution is -0.131. The van der Waals surface area contributed by atoms with Gasteiger partial charge in [-0.15, -0.1) is 0 Å². The third-order valence-corrected chi connectivity index (χ3v) is 5.32. The monoisotopic (exact) mass is 383 g/mol. The largest absolute Gasteiger partial charge is 0.495 e. The van der Waals surface area contributed by atoms with Crippen LogP contribution in [0, 0.1) is 11.6 Å². The molecule has 0 aliphatic heterocycles. The predicted molar refractivity (Wildman–Crippen MR) is 91.6 cm³/mol. The van der Waals surface area contributed by atoms with Crippen LogP contribution in [0.5, 0.6) is 5.75 Å². The fraction of sp³-hybridized carbons (Fsp3) is 0.118. The average molecular weight is 383 g/mol. The lowest BCUT2D eigenvalue weighted by atomic mass is 10.2. The summed E-state index contributed by atoms with van der Waals surface area (Å²) in [5.74, 6) is -3.45. The minimum absolute atomic E-state index is 0.0203. The van der Waals surface area contributed by atoms with Gasteiger partial charge in [-0.25, -0.2) is 22.0 Å². The lowest BCUT2D eigenvalue weighted by Crippen LogP contribution is -2.27. The van der Waals surface area contributed by atoms with E-state index in [4.69, 9.17) is 9.84 Å². The number of hydrogen-bond acceptors (Lipinski definition) is 4. The van der Waals surface area contributed by atoms with E-state index in [1.807, 2.05) is 0 Å². The number of halogens is 2. The molecule has 0 radical (unpaired) electrons. The second-order valence-electron chi connectivity index (χ2n) is 5.15. The Morgan fingerprint density at radius 2 is 1.85 bits per heavy atom. The summed E-state index contributed by atoms with van der Waals surface area (Å²) in [5.41, 5.74) is 0.225. The van der Waals surface area contributed by atoms with E-state index in [1.165, 1.54) is 38.4 Å². The van der Waals surface area contributed by atoms with E-state index in [0.29, 0.717) is 5.56 Å². The third kappa shape index (κ3) is 3.99. The van der Waals surface area contributed by atoms with Gasteiger partial charge < -0.3 is 9.84 Å². The molecule has 0 fully saturated rings. The summed E-state index contributed by atoms with van der Waals surface area (Å²) in [6.07, 6.45) is 2.08. The molecule has 0 aromatic heterocycles. The summed E-state index contributed by atoms with van der Waals surface area (Å²) >= 11 is 0. The molecular weight excluding hydrogens is 368 g/mol. The molecule has 0 heterocycles. The van der Waals surface area contributed by atoms with Crippen molar-refractivity contribution in [1.82, 2.24) is 0 Å². The fourth-order valence-electron chi connectivity index (χ4n) is 2.13. The predicted octanol–water partition coefficient (Wildman–Crippen LogP) is 2.90. The Hall–Kier alpha value is -2.94. The molecule has 138 valence electrons. The number of hydrogen-bond donors (Lipinski definition) is 1. The van der Waals surface area contributed by atoms with Gasteiger partial charge in [-0.3, -0.25) is 4.31 Å². The first-order valence-corrected chi connectivity index (χ1v) is 8.64. The van der Waals surface area contributed by atoms with Gasteiger partial charge >= 0.3 is 5.97 Å². The number of nitrogens with zero attached hydrogens (tertiary/aromatic N) is 1. The highest BCUT2D eigenvalue weighted by Gasteiger charge is 2.26. The van der Waals surface area contributed by atoms with Gasteiger partial charge in [0.1, 0.15) is 10.6 Å². The standard InChI is InChI=1S/C17H15F2NO5S/c1-20(12-5-6-13(18)14(19)10-12)26(23,24)16-9-11(4-8-17(21)22)3-7-15(16)25-2/h3-10H,1-2H3,(H,21,22). The molecule has 0 aliphatic rings. The Morgan fingerprint density at radius 1 is 1.15 bits per heavy atom. The van der Waals surface area contributed by atoms with Crippen LogP contribution in [0.25, 0.3) is 6.08 Å². The zero-order valence-electron chi connectivity index (χ0n) is 13.8. The molecule has 9 heteroatoms. The number of rotatable bonds is 6. The molecule has 6 nitrogen and oxygen atoms in total. The van der Waals surface area contributed by atoms with Crippen molar-refractivity contribution < 1.29 is 31.8 Å². The zero-order valence-corrected chi connectivity index (χ0v) is 14.6. The molecule has 0 bridgehead atoms. The van der Waals surface area contributed by atoms with Gasteiger partial charge in [0, 0.05) is 19.2 Å². The number of anilines is 1. The zero-order chi connectivity index (χ0) is 19.5. The van der Waals surface area contributed by atoms with Gasteiger partial charge in [0.2, 0.25) is 0 Å². The van der Waals surface area contributed by atoms with E-state index in [1.54, 1.807) is 0 Å². The smallest absolute Gasteiger partial charge is 0.328 e. The van der Waals surface area contributed by atoms with Gasteiger partial charge in [-0.05, 0) is 35.9 Å². The normalized spacial score (nSPS) is 11.5. The SMILES string of the molecule is COc1ccc(C=CC(=O)O)cc1S(=O)(=O)N(C)c1ccc(F)c(F)c1. The first-order valence-electron chi connectivity index (χ1n) is 7.20. The molecule has 0 saturated carbocycles. The molecule has 2 rings (SSSR count). The first-order chi connectivity index (χ1) is 12.2. The van der Waals surface area contributed by atoms with Gasteiger partial charge in [-0.1, -0.05) is 6.07 Å². The Morgan fingerprint density at radius 3 is 2.42 bits per heavy atom. The van der Waals surface area contributed by atoms with Crippen LogP contribution in [0.3, 0.4) is 0 Å². The molecule has 2 aromatic carbocycles. The Labute approximate surface area is 149 Å². The summed E-state index contributed by atoms with van der Waals surface area (Å²) in [5, 5.41) is 8.69. The van der Waals surface area contributed by atoms with Crippen molar-refractivity contribution in [2.24, 2.45) is 0 Å². The minimum atomic E-state index is -4.19. The quantitative estimate of drug-likeness (QED) is 0.776. The highest BCUT2D eigenvalue weighted by molar-refractivity contribution is 7.92. The van der Waals surface area contributed by atoms with Crippen LogP contribution in [0.2, 0.25) is 0 Å². The molecular formula is C17H15F2NO5S. The number of carbonyl (C=O) groups is 1. The van der Waals surface area contributed by atoms with E-state index in [-0.39, 0.29) is 16.3 Å². The number of ether oxygens (including phenoxy) is 1. The molecule has 0 unspecified atom stereocenters. The van der Waals surface area contributed by atoms with Crippen LogP contribution >= 0.6 is 0 Å². The number of benzene rings is 2. The van der Waals surface area contributed by atoms with Gasteiger partial charge in [0.15, 0.2) is 11.6 Å². The topological polar surface area (TPSA) is 83.9 Å². The highest BCUT2D eigenvalue weighted by atomic mass is 32.2. The van der Waals surface area contributed by atoms with Gasteiger partial charge in [0.25, 0.3) is 10.0 Å². The Kier molecular flexibility index (Phi) is 5.61. The number of carboxylic acid groups (broad SMARTS) is 1. The van der Waals surface area contributed by atoms with Crippen molar-refractivity contribution in [2.75, 3.05) is 18.5 Å². The number of carboxylic acids is 1. The summed E-state index contributed by atoms with van der Waals surface area (Å²) in [6, 6.07) is 6.77. The highest BCUT2D eigenvalue weighted by Crippen LogP contribution is 2.30. The molecule has 0 spiro atoms. The molecule has 2 aromatic rings. The molecule has 0 aliphatic carbocycles. The maximum absolute atomic E-state index is 13.4. The maximum Gasteiger partial charge on any atom is 0.328 e. The number of sulfonamides is 1. The lowest BCUT2D eigenvalue weighted by Gasteiger charge is -2.21. The number of aliphatic carboxylic acids is 1. The summed E-state index contributed by atoms with van der Waals surface area (Å²) in [7, 11) is -1.73. The fourth-order valence-corrected chi connectivity index (χ4v) is 3.51. The van der Waals surface area contributed by atoms with Crippen LogP contribution in [0.1, 0.15) is 5.56 Å². The Balaban J connectivity index is 2.53. The van der Waals surface area contributed by atoms with Gasteiger partial charge in [0.05, 0.1) is 12.8 Å². The first kappa shape index (κ1) is 19.4. The molecule has 26 heavy (non-hydrogen) atoms. The molecule has 0 saturated heterocycles. The van der Waals surface area contributed by atoms with Crippen molar-refractivity contribution in [3.63, 3.8) is 0 Å². The maximum atomic E-state index is 13.4. The second-order valence-corrected chi connectivity index (χ2v) is 7.09. The van der Waals surface area contributed by atoms with E-state index in [0.717, 1.165) is 28.6 Å². The molecule has 1 N–H and O–H groups in total. The Bertz CT molecular complexity index is 973. The van der Waals surface area contributed by atoms with Crippen LogP contribution in [0.15, 0.2) is 47.4 Å². The van der Waals surface area contributed by atoms with Crippen LogP contribution < -0.4 is 9.04 Å². The van der Waals surface area contributed by atoms with Crippen molar-refractivity contribution in [3.05, 3.63) is 59.7 Å². The van der Waals surface area contributed by atoms with Crippen molar-refractivity contribution in [3.8, 4) is 5.75 Å². The van der Waals surface area contributed by atoms with Crippen molar-refractivity contribution in [1.29, 1.82) is 0 Å². The average Bonchev–Trinajstić information content (AvgIpc) is 2.61. The second kappa shape index (κ2) is 7.52. The minimum Gasteiger partial charge on any atom is -0.495 e. The molecule has 0 amide bonds. The number of methoxy groups -OCH3 is 1. The van der Waals surface area contributed by atoms with E-state index in [9.17, 15) is 22.0 Å². The third-order valence-electron chi connectivity index (χ3n) is 3.51. The summed E-state index contributed by atoms with van der Waals surface area (Å²) in [4.78, 5) is 10.4. The van der Waals surface area contributed by atoms with Crippen LogP contribution in [0.4, 0.5) is 14.5 Å². The van der Waals surface area contributed by atoms with Crippen molar-refractivity contribution in [2.45, 2.75) is 4.90 Å². The summed E-state index contributed by atoms with van der Waals surface area (Å²) in [6.45, 7) is 0. The van der Waals surface area contributed by atoms with E-state index in [2.05, 4.69) is 0 Å². The van der Waals surface area contributed by atoms with Gasteiger partial charge in [-0.2, -0.15) is 0 Å².